The van der Waals surface area contributed by atoms with Crippen molar-refractivity contribution < 1.29 is 23.8 Å². The molecular weight excluding hydrogens is 427 g/mol. The predicted molar refractivity (Wildman–Crippen MR) is 124 cm³/mol. The highest BCUT2D eigenvalue weighted by molar-refractivity contribution is 5.85. The normalized spacial score (nSPS) is 16.5. The van der Waals surface area contributed by atoms with Gasteiger partial charge in [0.2, 0.25) is 0 Å². The monoisotopic (exact) mass is 462 g/mol. The van der Waals surface area contributed by atoms with Crippen LogP contribution in [0.25, 0.3) is 11.0 Å². The topological polar surface area (TPSA) is 109 Å². The zero-order valence-corrected chi connectivity index (χ0v) is 19.9. The lowest BCUT2D eigenvalue weighted by Gasteiger charge is -2.22. The van der Waals surface area contributed by atoms with Crippen molar-refractivity contribution in [3.8, 4) is 17.8 Å². The molecule has 2 saturated carbocycles. The van der Waals surface area contributed by atoms with Gasteiger partial charge >= 0.3 is 0 Å². The standard InChI is InChI=1S/C18H20FN3O2.C4H11NO.C2H4O/c1-22-17-15(19)14(23-13-7-8-13)9-11(10-20)16(17)21-18(22)24-12-5-3-2-4-6-12;1-4(3-6)5-2;1-2-3/h9,12-13H,2-8H2,1H3;4-6H,3H2,1-2H3;2H,1H3. The molecule has 1 unspecified atom stereocenters. The first-order valence-corrected chi connectivity index (χ1v) is 11.5. The van der Waals surface area contributed by atoms with Gasteiger partial charge in [-0.05, 0) is 59.4 Å². The number of imidazole rings is 1. The summed E-state index contributed by atoms with van der Waals surface area (Å²) in [5.74, 6) is -0.335. The molecule has 1 atom stereocenters. The molecule has 1 aromatic heterocycles. The van der Waals surface area contributed by atoms with E-state index in [4.69, 9.17) is 19.4 Å². The average molecular weight is 463 g/mol. The Balaban J connectivity index is 0.000000369. The van der Waals surface area contributed by atoms with E-state index in [1.807, 2.05) is 14.0 Å². The van der Waals surface area contributed by atoms with Gasteiger partial charge in [-0.25, -0.2) is 4.39 Å². The number of likely N-dealkylation sites (N-methyl/N-ethyl adjacent to an activating group) is 1. The molecule has 2 aliphatic carbocycles. The van der Waals surface area contributed by atoms with Crippen LogP contribution in [0.4, 0.5) is 4.39 Å². The quantitative estimate of drug-likeness (QED) is 0.631. The van der Waals surface area contributed by atoms with Gasteiger partial charge < -0.3 is 24.7 Å². The number of rotatable bonds is 6. The third-order valence-corrected chi connectivity index (χ3v) is 5.54. The molecule has 2 aromatic rings. The van der Waals surface area contributed by atoms with Gasteiger partial charge in [-0.3, -0.25) is 4.57 Å². The van der Waals surface area contributed by atoms with Gasteiger partial charge in [0.05, 0.1) is 18.3 Å². The van der Waals surface area contributed by atoms with Gasteiger partial charge in [-0.2, -0.15) is 10.2 Å². The molecule has 0 saturated heterocycles. The number of halogens is 1. The minimum Gasteiger partial charge on any atom is -0.487 e. The van der Waals surface area contributed by atoms with Crippen molar-refractivity contribution in [3.05, 3.63) is 17.4 Å². The molecule has 0 radical (unpaired) electrons. The van der Waals surface area contributed by atoms with E-state index in [0.717, 1.165) is 44.8 Å². The number of nitrogens with zero attached hydrogens (tertiary/aromatic N) is 3. The first kappa shape index (κ1) is 26.6. The molecule has 8 nitrogen and oxygen atoms in total. The zero-order valence-electron chi connectivity index (χ0n) is 19.9. The number of benzene rings is 1. The van der Waals surface area contributed by atoms with E-state index in [1.165, 1.54) is 19.4 Å². The third kappa shape index (κ3) is 7.41. The SMILES string of the molecule is CC=O.CNC(C)CO.Cn1c(OC2CCCCC2)nc2c(C#N)cc(OC3CC3)c(F)c21. The molecule has 0 aliphatic heterocycles. The van der Waals surface area contributed by atoms with Crippen LogP contribution in [-0.4, -0.2) is 52.8 Å². The number of aromatic nitrogens is 2. The Hall–Kier alpha value is -2.70. The lowest BCUT2D eigenvalue weighted by atomic mass is 9.98. The first-order valence-electron chi connectivity index (χ1n) is 11.5. The highest BCUT2D eigenvalue weighted by Crippen LogP contribution is 2.36. The number of aryl methyl sites for hydroxylation is 1. The smallest absolute Gasteiger partial charge is 0.297 e. The van der Waals surface area contributed by atoms with Crippen molar-refractivity contribution in [3.63, 3.8) is 0 Å². The fourth-order valence-electron chi connectivity index (χ4n) is 3.36. The Morgan fingerprint density at radius 1 is 1.30 bits per heavy atom. The van der Waals surface area contributed by atoms with E-state index >= 15 is 0 Å². The van der Waals surface area contributed by atoms with Crippen molar-refractivity contribution in [1.29, 1.82) is 5.26 Å². The summed E-state index contributed by atoms with van der Waals surface area (Å²) >= 11 is 0. The Labute approximate surface area is 194 Å². The van der Waals surface area contributed by atoms with Gasteiger partial charge in [-0.15, -0.1) is 0 Å². The number of carbonyl (C=O) groups is 1. The zero-order chi connectivity index (χ0) is 24.4. The summed E-state index contributed by atoms with van der Waals surface area (Å²) in [6, 6.07) is 4.16. The Bertz CT molecular complexity index is 942. The second kappa shape index (κ2) is 13.1. The van der Waals surface area contributed by atoms with Crippen LogP contribution >= 0.6 is 0 Å². The Morgan fingerprint density at radius 2 is 1.91 bits per heavy atom. The van der Waals surface area contributed by atoms with Crippen LogP contribution in [0.5, 0.6) is 11.8 Å². The highest BCUT2D eigenvalue weighted by atomic mass is 19.1. The molecule has 33 heavy (non-hydrogen) atoms. The molecule has 2 fully saturated rings. The molecule has 2 N–H and O–H groups in total. The van der Waals surface area contributed by atoms with Crippen molar-refractivity contribution in [2.24, 2.45) is 7.05 Å². The number of hydrogen-bond acceptors (Lipinski definition) is 7. The molecule has 4 rings (SSSR count). The molecule has 0 amide bonds. The van der Waals surface area contributed by atoms with Gasteiger partial charge in [-0.1, -0.05) is 6.42 Å². The summed E-state index contributed by atoms with van der Waals surface area (Å²) in [4.78, 5) is 13.2. The molecule has 1 heterocycles. The Morgan fingerprint density at radius 3 is 2.39 bits per heavy atom. The third-order valence-electron chi connectivity index (χ3n) is 5.54. The molecule has 2 aliphatic rings. The highest BCUT2D eigenvalue weighted by Gasteiger charge is 2.28. The number of fused-ring (bicyclic) bond motifs is 1. The fourth-order valence-corrected chi connectivity index (χ4v) is 3.36. The largest absolute Gasteiger partial charge is 0.487 e. The fraction of sp³-hybridized carbons (Fsp3) is 0.625. The number of aliphatic hydroxyl groups excluding tert-OH is 1. The molecule has 182 valence electrons. The first-order chi connectivity index (χ1) is 15.9. The summed E-state index contributed by atoms with van der Waals surface area (Å²) in [5.41, 5.74) is 0.929. The van der Waals surface area contributed by atoms with E-state index in [-0.39, 0.29) is 36.1 Å². The van der Waals surface area contributed by atoms with Crippen LogP contribution in [0.15, 0.2) is 6.07 Å². The average Bonchev–Trinajstić information content (AvgIpc) is 3.59. The van der Waals surface area contributed by atoms with Crippen molar-refractivity contribution in [1.82, 2.24) is 14.9 Å². The lowest BCUT2D eigenvalue weighted by Crippen LogP contribution is -2.24. The van der Waals surface area contributed by atoms with E-state index in [1.54, 1.807) is 11.6 Å². The van der Waals surface area contributed by atoms with Gasteiger partial charge in [0.25, 0.3) is 6.01 Å². The van der Waals surface area contributed by atoms with Crippen molar-refractivity contribution in [2.75, 3.05) is 13.7 Å². The number of hydrogen-bond donors (Lipinski definition) is 2. The van der Waals surface area contributed by atoms with Gasteiger partial charge in [0, 0.05) is 19.2 Å². The van der Waals surface area contributed by atoms with Crippen LogP contribution in [-0.2, 0) is 11.8 Å². The predicted octanol–water partition coefficient (Wildman–Crippen LogP) is 3.63. The molecule has 1 aromatic carbocycles. The second-order valence-corrected chi connectivity index (χ2v) is 8.30. The Kier molecular flexibility index (Phi) is 10.6. The molecule has 9 heteroatoms. The number of carbonyl (C=O) groups excluding carboxylic acids is 1. The maximum atomic E-state index is 14.9. The van der Waals surface area contributed by atoms with E-state index in [9.17, 15) is 9.65 Å². The second-order valence-electron chi connectivity index (χ2n) is 8.30. The summed E-state index contributed by atoms with van der Waals surface area (Å²) in [5, 5.41) is 20.5. The minimum atomic E-state index is -0.468. The van der Waals surface area contributed by atoms with Crippen molar-refractivity contribution >= 4 is 17.3 Å². The summed E-state index contributed by atoms with van der Waals surface area (Å²) in [6.45, 7) is 3.58. The van der Waals surface area contributed by atoms with Crippen LogP contribution in [0.2, 0.25) is 0 Å². The maximum absolute atomic E-state index is 14.9. The van der Waals surface area contributed by atoms with E-state index < -0.39 is 5.82 Å². The van der Waals surface area contributed by atoms with Gasteiger partial charge in [0.15, 0.2) is 11.6 Å². The lowest BCUT2D eigenvalue weighted by molar-refractivity contribution is -0.106. The minimum absolute atomic E-state index is 0.0645. The van der Waals surface area contributed by atoms with Crippen molar-refractivity contribution in [2.45, 2.75) is 77.0 Å². The molecule has 0 bridgehead atoms. The van der Waals surface area contributed by atoms with E-state index in [2.05, 4.69) is 16.4 Å². The molecular formula is C24H35FN4O4. The van der Waals surface area contributed by atoms with Crippen LogP contribution in [0.3, 0.4) is 0 Å². The summed E-state index contributed by atoms with van der Waals surface area (Å²) in [6.07, 6.45) is 8.30. The van der Waals surface area contributed by atoms with Gasteiger partial charge in [0.1, 0.15) is 29.5 Å². The van der Waals surface area contributed by atoms with Crippen LogP contribution in [0, 0.1) is 17.1 Å². The number of ether oxygens (including phenoxy) is 2. The van der Waals surface area contributed by atoms with Crippen LogP contribution < -0.4 is 14.8 Å². The number of aliphatic hydroxyl groups is 1. The summed E-state index contributed by atoms with van der Waals surface area (Å²) in [7, 11) is 3.54. The maximum Gasteiger partial charge on any atom is 0.297 e. The number of nitriles is 1. The molecule has 0 spiro atoms. The number of aldehydes is 1. The number of nitrogens with one attached hydrogen (secondary N) is 1. The van der Waals surface area contributed by atoms with Crippen LogP contribution in [0.1, 0.15) is 64.4 Å². The summed E-state index contributed by atoms with van der Waals surface area (Å²) < 4.78 is 28.1. The van der Waals surface area contributed by atoms with E-state index in [0.29, 0.717) is 17.1 Å².